The third-order valence-electron chi connectivity index (χ3n) is 5.06. The topological polar surface area (TPSA) is 46.5 Å². The van der Waals surface area contributed by atoms with Gasteiger partial charge in [0, 0.05) is 0 Å². The zero-order valence-corrected chi connectivity index (χ0v) is 16.8. The summed E-state index contributed by atoms with van der Waals surface area (Å²) in [6.07, 6.45) is 15.9. The lowest BCUT2D eigenvalue weighted by Gasteiger charge is -2.17. The van der Waals surface area contributed by atoms with Gasteiger partial charge in [-0.1, -0.05) is 78.1 Å². The van der Waals surface area contributed by atoms with Gasteiger partial charge in [0.05, 0.1) is 12.2 Å². The van der Waals surface area contributed by atoms with Crippen molar-refractivity contribution in [2.24, 2.45) is 5.92 Å². The Morgan fingerprint density at radius 2 is 1.42 bits per heavy atom. The number of carboxylic acids is 1. The molecule has 0 heterocycles. The molecule has 1 atom stereocenters. The Morgan fingerprint density at radius 1 is 0.846 bits per heavy atom. The smallest absolute Gasteiger partial charge is 0.335 e. The second-order valence-corrected chi connectivity index (χ2v) is 7.38. The molecule has 1 N–H and O–H groups in total. The number of aromatic carboxylic acids is 1. The zero-order chi connectivity index (χ0) is 19.0. The molecule has 0 aliphatic carbocycles. The molecule has 0 aliphatic rings. The van der Waals surface area contributed by atoms with E-state index in [4.69, 9.17) is 9.84 Å². The zero-order valence-electron chi connectivity index (χ0n) is 16.8. The summed E-state index contributed by atoms with van der Waals surface area (Å²) in [5.41, 5.74) is 0.302. The average molecular weight is 363 g/mol. The van der Waals surface area contributed by atoms with Crippen LogP contribution in [0.25, 0.3) is 0 Å². The molecule has 3 nitrogen and oxygen atoms in total. The van der Waals surface area contributed by atoms with Crippen LogP contribution in [-0.4, -0.2) is 17.7 Å². The molecule has 0 saturated heterocycles. The SMILES string of the molecule is CCCCCCCCC(CCCC)CCCOc1ccc(C(=O)O)cc1. The fraction of sp³-hybridized carbons (Fsp3) is 0.696. The van der Waals surface area contributed by atoms with Gasteiger partial charge in [-0.25, -0.2) is 4.79 Å². The molecule has 0 aromatic heterocycles. The third-order valence-corrected chi connectivity index (χ3v) is 5.06. The third kappa shape index (κ3) is 10.5. The van der Waals surface area contributed by atoms with Crippen molar-refractivity contribution in [1.82, 2.24) is 0 Å². The number of hydrogen-bond acceptors (Lipinski definition) is 2. The van der Waals surface area contributed by atoms with Crippen molar-refractivity contribution in [3.05, 3.63) is 29.8 Å². The molecule has 0 fully saturated rings. The van der Waals surface area contributed by atoms with E-state index in [2.05, 4.69) is 13.8 Å². The lowest BCUT2D eigenvalue weighted by molar-refractivity contribution is 0.0697. The first-order valence-corrected chi connectivity index (χ1v) is 10.6. The molecule has 1 aromatic rings. The van der Waals surface area contributed by atoms with Crippen LogP contribution >= 0.6 is 0 Å². The first-order valence-electron chi connectivity index (χ1n) is 10.6. The molecule has 0 saturated carbocycles. The van der Waals surface area contributed by atoms with Gasteiger partial charge in [-0.15, -0.1) is 0 Å². The van der Waals surface area contributed by atoms with Crippen molar-refractivity contribution in [3.8, 4) is 5.75 Å². The number of carbonyl (C=O) groups is 1. The van der Waals surface area contributed by atoms with Crippen LogP contribution in [0.4, 0.5) is 0 Å². The van der Waals surface area contributed by atoms with Crippen molar-refractivity contribution in [2.75, 3.05) is 6.61 Å². The summed E-state index contributed by atoms with van der Waals surface area (Å²) >= 11 is 0. The summed E-state index contributed by atoms with van der Waals surface area (Å²) in [7, 11) is 0. The van der Waals surface area contributed by atoms with E-state index in [1.54, 1.807) is 24.3 Å². The van der Waals surface area contributed by atoms with Crippen LogP contribution in [0.2, 0.25) is 0 Å². The number of rotatable bonds is 16. The van der Waals surface area contributed by atoms with Crippen LogP contribution in [0.1, 0.15) is 101 Å². The maximum absolute atomic E-state index is 10.9. The highest BCUT2D eigenvalue weighted by atomic mass is 16.5. The summed E-state index contributed by atoms with van der Waals surface area (Å²) < 4.78 is 5.77. The van der Waals surface area contributed by atoms with Crippen LogP contribution in [-0.2, 0) is 0 Å². The predicted molar refractivity (Wildman–Crippen MR) is 109 cm³/mol. The second kappa shape index (κ2) is 14.6. The Labute approximate surface area is 160 Å². The minimum atomic E-state index is -0.898. The predicted octanol–water partition coefficient (Wildman–Crippen LogP) is 7.10. The summed E-state index contributed by atoms with van der Waals surface area (Å²) in [6, 6.07) is 6.68. The number of hydrogen-bond donors (Lipinski definition) is 1. The van der Waals surface area contributed by atoms with Gasteiger partial charge in [-0.05, 0) is 43.0 Å². The fourth-order valence-corrected chi connectivity index (χ4v) is 3.39. The number of carboxylic acid groups (broad SMARTS) is 1. The van der Waals surface area contributed by atoms with Gasteiger partial charge in [0.15, 0.2) is 0 Å². The molecular weight excluding hydrogens is 324 g/mol. The average Bonchev–Trinajstić information content (AvgIpc) is 2.65. The monoisotopic (exact) mass is 362 g/mol. The van der Waals surface area contributed by atoms with E-state index in [9.17, 15) is 4.79 Å². The molecule has 0 bridgehead atoms. The van der Waals surface area contributed by atoms with Crippen LogP contribution in [0.5, 0.6) is 5.75 Å². The minimum absolute atomic E-state index is 0.302. The molecule has 0 radical (unpaired) electrons. The molecule has 1 rings (SSSR count). The van der Waals surface area contributed by atoms with Gasteiger partial charge < -0.3 is 9.84 Å². The Bertz CT molecular complexity index is 467. The Kier molecular flexibility index (Phi) is 12.7. The molecule has 1 unspecified atom stereocenters. The molecule has 3 heteroatoms. The quantitative estimate of drug-likeness (QED) is 0.319. The van der Waals surface area contributed by atoms with Gasteiger partial charge in [0.2, 0.25) is 0 Å². The normalized spacial score (nSPS) is 12.1. The maximum atomic E-state index is 10.9. The number of benzene rings is 1. The summed E-state index contributed by atoms with van der Waals surface area (Å²) in [5, 5.41) is 8.91. The standard InChI is InChI=1S/C23H38O3/c1-3-5-7-8-9-10-13-20(12-6-4-2)14-11-19-26-22-17-15-21(16-18-22)23(24)25/h15-18,20H,3-14,19H2,1-2H3,(H,24,25). The van der Waals surface area contributed by atoms with E-state index in [0.717, 1.165) is 18.1 Å². The van der Waals surface area contributed by atoms with Crippen molar-refractivity contribution in [3.63, 3.8) is 0 Å². The fourth-order valence-electron chi connectivity index (χ4n) is 3.39. The molecule has 26 heavy (non-hydrogen) atoms. The lowest BCUT2D eigenvalue weighted by atomic mass is 9.91. The van der Waals surface area contributed by atoms with E-state index in [1.807, 2.05) is 0 Å². The Hall–Kier alpha value is -1.51. The molecule has 1 aromatic carbocycles. The van der Waals surface area contributed by atoms with E-state index < -0.39 is 5.97 Å². The van der Waals surface area contributed by atoms with Crippen molar-refractivity contribution >= 4 is 5.97 Å². The maximum Gasteiger partial charge on any atom is 0.335 e. The molecule has 0 amide bonds. The lowest BCUT2D eigenvalue weighted by Crippen LogP contribution is -2.05. The van der Waals surface area contributed by atoms with Crippen LogP contribution in [0.15, 0.2) is 24.3 Å². The first-order chi connectivity index (χ1) is 12.7. The number of unbranched alkanes of at least 4 members (excludes halogenated alkanes) is 6. The summed E-state index contributed by atoms with van der Waals surface area (Å²) in [6.45, 7) is 5.25. The molecule has 0 spiro atoms. The van der Waals surface area contributed by atoms with Gasteiger partial charge in [-0.2, -0.15) is 0 Å². The second-order valence-electron chi connectivity index (χ2n) is 7.38. The van der Waals surface area contributed by atoms with Crippen molar-refractivity contribution < 1.29 is 14.6 Å². The van der Waals surface area contributed by atoms with Crippen LogP contribution in [0, 0.1) is 5.92 Å². The minimum Gasteiger partial charge on any atom is -0.494 e. The highest BCUT2D eigenvalue weighted by Gasteiger charge is 2.09. The van der Waals surface area contributed by atoms with E-state index in [0.29, 0.717) is 12.2 Å². The van der Waals surface area contributed by atoms with E-state index in [-0.39, 0.29) is 0 Å². The van der Waals surface area contributed by atoms with Gasteiger partial charge in [-0.3, -0.25) is 0 Å². The van der Waals surface area contributed by atoms with Crippen LogP contribution < -0.4 is 4.74 Å². The Morgan fingerprint density at radius 3 is 2.08 bits per heavy atom. The Balaban J connectivity index is 2.22. The molecule has 0 aliphatic heterocycles. The van der Waals surface area contributed by atoms with Crippen molar-refractivity contribution in [1.29, 1.82) is 0 Å². The van der Waals surface area contributed by atoms with Crippen LogP contribution in [0.3, 0.4) is 0 Å². The summed E-state index contributed by atoms with van der Waals surface area (Å²) in [4.78, 5) is 10.9. The molecular formula is C23H38O3. The van der Waals surface area contributed by atoms with E-state index in [1.165, 1.54) is 70.6 Å². The number of ether oxygens (including phenoxy) is 1. The molecule has 148 valence electrons. The van der Waals surface area contributed by atoms with Gasteiger partial charge in [0.25, 0.3) is 0 Å². The van der Waals surface area contributed by atoms with E-state index >= 15 is 0 Å². The highest BCUT2D eigenvalue weighted by molar-refractivity contribution is 5.87. The largest absolute Gasteiger partial charge is 0.494 e. The van der Waals surface area contributed by atoms with Crippen molar-refractivity contribution in [2.45, 2.75) is 90.9 Å². The first kappa shape index (κ1) is 22.5. The van der Waals surface area contributed by atoms with Gasteiger partial charge in [0.1, 0.15) is 5.75 Å². The van der Waals surface area contributed by atoms with Gasteiger partial charge >= 0.3 is 5.97 Å². The summed E-state index contributed by atoms with van der Waals surface area (Å²) in [5.74, 6) is 0.695. The highest BCUT2D eigenvalue weighted by Crippen LogP contribution is 2.23.